The molecular weight excluding hydrogens is 469 g/mol. The van der Waals surface area contributed by atoms with E-state index in [0.717, 1.165) is 21.9 Å². The second-order valence-corrected chi connectivity index (χ2v) is 7.86. The summed E-state index contributed by atoms with van der Waals surface area (Å²) in [4.78, 5) is 64.2. The van der Waals surface area contributed by atoms with E-state index in [1.165, 1.54) is 36.4 Å². The third-order valence-corrected chi connectivity index (χ3v) is 5.48. The Morgan fingerprint density at radius 1 is 0.889 bits per heavy atom. The lowest BCUT2D eigenvalue weighted by Crippen LogP contribution is -2.37. The number of ether oxygens (including phenoxy) is 1. The Kier molecular flexibility index (Phi) is 6.86. The van der Waals surface area contributed by atoms with Crippen molar-refractivity contribution in [2.24, 2.45) is 5.73 Å². The van der Waals surface area contributed by atoms with Gasteiger partial charge in [-0.25, -0.2) is 14.1 Å². The first-order valence-corrected chi connectivity index (χ1v) is 10.9. The first kappa shape index (κ1) is 24.3. The fourth-order valence-electron chi connectivity index (χ4n) is 3.73. The molecule has 0 bridgehead atoms. The number of fused-ring (bicyclic) bond motifs is 1. The van der Waals surface area contributed by atoms with E-state index in [0.29, 0.717) is 5.69 Å². The molecule has 10 heteroatoms. The van der Waals surface area contributed by atoms with E-state index in [4.69, 9.17) is 10.5 Å². The number of benzene rings is 3. The molecule has 0 saturated carbocycles. The highest BCUT2D eigenvalue weighted by atomic mass is 19.1. The van der Waals surface area contributed by atoms with Gasteiger partial charge in [-0.15, -0.1) is 0 Å². The summed E-state index contributed by atoms with van der Waals surface area (Å²) in [5.74, 6) is -3.70. The zero-order chi connectivity index (χ0) is 25.8. The van der Waals surface area contributed by atoms with Crippen molar-refractivity contribution < 1.29 is 33.1 Å². The minimum Gasteiger partial charge on any atom is -0.452 e. The smallest absolute Gasteiger partial charge is 0.338 e. The third kappa shape index (κ3) is 4.97. The molecule has 0 aromatic heterocycles. The number of carbonyl (C=O) groups is 5. The molecular formula is C26H20FN3O6. The van der Waals surface area contributed by atoms with Crippen LogP contribution in [0, 0.1) is 5.82 Å². The molecule has 0 unspecified atom stereocenters. The number of anilines is 2. The van der Waals surface area contributed by atoms with Gasteiger partial charge in [0.15, 0.2) is 6.61 Å². The molecule has 1 aliphatic heterocycles. The Hall–Kier alpha value is -4.86. The highest BCUT2D eigenvalue weighted by Gasteiger charge is 2.36. The zero-order valence-corrected chi connectivity index (χ0v) is 18.8. The topological polar surface area (TPSA) is 127 Å². The summed E-state index contributed by atoms with van der Waals surface area (Å²) < 4.78 is 18.4. The molecule has 4 rings (SSSR count). The fraction of sp³-hybridized carbons (Fsp3) is 0.115. The minimum absolute atomic E-state index is 0.0160. The highest BCUT2D eigenvalue weighted by Crippen LogP contribution is 2.29. The SMILES string of the molecule is NC(=O)CCN(C(=O)COC(=O)c1cccc(N2C(=O)c3ccccc3C2=O)c1)c1ccc(F)cc1. The number of nitrogens with two attached hydrogens (primary N) is 1. The predicted octanol–water partition coefficient (Wildman–Crippen LogP) is 2.69. The van der Waals surface area contributed by atoms with Gasteiger partial charge in [0.25, 0.3) is 17.7 Å². The lowest BCUT2D eigenvalue weighted by Gasteiger charge is -2.22. The quantitative estimate of drug-likeness (QED) is 0.383. The van der Waals surface area contributed by atoms with Crippen molar-refractivity contribution in [3.63, 3.8) is 0 Å². The van der Waals surface area contributed by atoms with Gasteiger partial charge in [-0.3, -0.25) is 19.2 Å². The van der Waals surface area contributed by atoms with Gasteiger partial charge in [0.1, 0.15) is 5.82 Å². The van der Waals surface area contributed by atoms with Crippen molar-refractivity contribution in [1.29, 1.82) is 0 Å². The van der Waals surface area contributed by atoms with Crippen molar-refractivity contribution in [3.05, 3.63) is 95.3 Å². The molecule has 0 aliphatic carbocycles. The van der Waals surface area contributed by atoms with Gasteiger partial charge in [0.2, 0.25) is 5.91 Å². The number of hydrogen-bond donors (Lipinski definition) is 1. The van der Waals surface area contributed by atoms with Crippen molar-refractivity contribution in [3.8, 4) is 0 Å². The standard InChI is InChI=1S/C26H20FN3O6/c27-17-8-10-18(11-9-17)29(13-12-22(28)31)23(32)15-36-26(35)16-4-3-5-19(14-16)30-24(33)20-6-1-2-7-21(20)25(30)34/h1-11,14H,12-13,15H2,(H2,28,31). The van der Waals surface area contributed by atoms with Crippen LogP contribution in [-0.4, -0.2) is 42.7 Å². The van der Waals surface area contributed by atoms with E-state index < -0.39 is 42.0 Å². The average molecular weight is 489 g/mol. The summed E-state index contributed by atoms with van der Waals surface area (Å²) in [5.41, 5.74) is 6.20. The van der Waals surface area contributed by atoms with Gasteiger partial charge >= 0.3 is 5.97 Å². The number of rotatable bonds is 8. The van der Waals surface area contributed by atoms with Crippen molar-refractivity contribution in [2.45, 2.75) is 6.42 Å². The number of imide groups is 1. The maximum absolute atomic E-state index is 13.3. The number of amides is 4. The first-order chi connectivity index (χ1) is 17.3. The lowest BCUT2D eigenvalue weighted by molar-refractivity contribution is -0.121. The molecule has 4 amide bonds. The second-order valence-electron chi connectivity index (χ2n) is 7.86. The Morgan fingerprint density at radius 3 is 2.14 bits per heavy atom. The number of primary amides is 1. The molecule has 182 valence electrons. The molecule has 2 N–H and O–H groups in total. The summed E-state index contributed by atoms with van der Waals surface area (Å²) in [6.07, 6.45) is -0.153. The van der Waals surface area contributed by atoms with Crippen molar-refractivity contribution in [1.82, 2.24) is 0 Å². The maximum Gasteiger partial charge on any atom is 0.338 e. The van der Waals surface area contributed by atoms with Gasteiger partial charge in [0.05, 0.1) is 22.4 Å². The summed E-state index contributed by atoms with van der Waals surface area (Å²) in [5, 5.41) is 0. The summed E-state index contributed by atoms with van der Waals surface area (Å²) in [6.45, 7) is -0.765. The normalized spacial score (nSPS) is 12.3. The second kappa shape index (κ2) is 10.2. The van der Waals surface area contributed by atoms with Gasteiger partial charge in [-0.1, -0.05) is 18.2 Å². The summed E-state index contributed by atoms with van der Waals surface area (Å²) in [6, 6.07) is 17.1. The van der Waals surface area contributed by atoms with E-state index in [1.807, 2.05) is 0 Å². The van der Waals surface area contributed by atoms with E-state index in [2.05, 4.69) is 0 Å². The molecule has 0 radical (unpaired) electrons. The Morgan fingerprint density at radius 2 is 1.53 bits per heavy atom. The zero-order valence-electron chi connectivity index (χ0n) is 18.8. The van der Waals surface area contributed by atoms with E-state index in [1.54, 1.807) is 24.3 Å². The molecule has 0 saturated heterocycles. The van der Waals surface area contributed by atoms with Crippen molar-refractivity contribution in [2.75, 3.05) is 23.0 Å². The van der Waals surface area contributed by atoms with E-state index >= 15 is 0 Å². The monoisotopic (exact) mass is 489 g/mol. The molecule has 0 fully saturated rings. The third-order valence-electron chi connectivity index (χ3n) is 5.48. The number of hydrogen-bond acceptors (Lipinski definition) is 6. The molecule has 1 aliphatic rings. The number of halogens is 1. The highest BCUT2D eigenvalue weighted by molar-refractivity contribution is 6.34. The van der Waals surface area contributed by atoms with Gasteiger partial charge in [-0.2, -0.15) is 0 Å². The van der Waals surface area contributed by atoms with Crippen molar-refractivity contribution >= 4 is 41.0 Å². The van der Waals surface area contributed by atoms with Gasteiger partial charge < -0.3 is 15.4 Å². The van der Waals surface area contributed by atoms with Crippen LogP contribution in [0.1, 0.15) is 37.5 Å². The minimum atomic E-state index is -0.865. The lowest BCUT2D eigenvalue weighted by atomic mass is 10.1. The van der Waals surface area contributed by atoms with E-state index in [-0.39, 0.29) is 35.3 Å². The summed E-state index contributed by atoms with van der Waals surface area (Å²) >= 11 is 0. The van der Waals surface area contributed by atoms with E-state index in [9.17, 15) is 28.4 Å². The molecule has 1 heterocycles. The van der Waals surface area contributed by atoms with Crippen LogP contribution in [0.5, 0.6) is 0 Å². The Bertz CT molecular complexity index is 1340. The Labute approximate surface area is 204 Å². The van der Waals surface area contributed by atoms with Gasteiger partial charge in [0, 0.05) is 18.7 Å². The number of nitrogens with zero attached hydrogens (tertiary/aromatic N) is 2. The largest absolute Gasteiger partial charge is 0.452 e. The van der Waals surface area contributed by atoms with Crippen LogP contribution in [0.2, 0.25) is 0 Å². The number of carbonyl (C=O) groups excluding carboxylic acids is 5. The molecule has 0 atom stereocenters. The van der Waals surface area contributed by atoms with Crippen LogP contribution < -0.4 is 15.5 Å². The molecule has 36 heavy (non-hydrogen) atoms. The van der Waals surface area contributed by atoms with Crippen LogP contribution in [0.3, 0.4) is 0 Å². The first-order valence-electron chi connectivity index (χ1n) is 10.9. The molecule has 9 nitrogen and oxygen atoms in total. The molecule has 3 aromatic carbocycles. The maximum atomic E-state index is 13.3. The van der Waals surface area contributed by atoms with Crippen LogP contribution >= 0.6 is 0 Å². The number of esters is 1. The van der Waals surface area contributed by atoms with Gasteiger partial charge in [-0.05, 0) is 54.6 Å². The fourth-order valence-corrected chi connectivity index (χ4v) is 3.73. The molecule has 3 aromatic rings. The molecule has 0 spiro atoms. The Balaban J connectivity index is 1.47. The van der Waals surface area contributed by atoms with Crippen LogP contribution in [-0.2, 0) is 14.3 Å². The van der Waals surface area contributed by atoms with Crippen LogP contribution in [0.4, 0.5) is 15.8 Å². The summed E-state index contributed by atoms with van der Waals surface area (Å²) in [7, 11) is 0. The van der Waals surface area contributed by atoms with Crippen LogP contribution in [0.15, 0.2) is 72.8 Å². The average Bonchev–Trinajstić information content (AvgIpc) is 3.13. The van der Waals surface area contributed by atoms with Crippen LogP contribution in [0.25, 0.3) is 0 Å². The predicted molar refractivity (Wildman–Crippen MR) is 127 cm³/mol.